The number of rotatable bonds is 8. The van der Waals surface area contributed by atoms with E-state index in [-0.39, 0.29) is 11.3 Å². The van der Waals surface area contributed by atoms with Crippen LogP contribution < -0.4 is 14.8 Å². The fourth-order valence-electron chi connectivity index (χ4n) is 3.55. The van der Waals surface area contributed by atoms with E-state index in [1.807, 2.05) is 0 Å². The van der Waals surface area contributed by atoms with Gasteiger partial charge in [-0.25, -0.2) is 8.42 Å². The molecule has 0 spiro atoms. The van der Waals surface area contributed by atoms with E-state index in [9.17, 15) is 18.0 Å². The van der Waals surface area contributed by atoms with Gasteiger partial charge < -0.3 is 24.3 Å². The number of hydrogen-bond acceptors (Lipinski definition) is 8. The number of anilines is 1. The second-order valence-electron chi connectivity index (χ2n) is 7.73. The van der Waals surface area contributed by atoms with Crippen molar-refractivity contribution in [3.05, 3.63) is 48.0 Å². The Kier molecular flexibility index (Phi) is 7.66. The van der Waals surface area contributed by atoms with Crippen molar-refractivity contribution in [3.63, 3.8) is 0 Å². The number of fused-ring (bicyclic) bond motifs is 1. The second-order valence-corrected chi connectivity index (χ2v) is 9.67. The van der Waals surface area contributed by atoms with Crippen molar-refractivity contribution in [1.29, 1.82) is 0 Å². The van der Waals surface area contributed by atoms with Gasteiger partial charge in [-0.15, -0.1) is 0 Å². The number of carbonyl (C=O) groups excluding carboxylic acids is 2. The standard InChI is InChI=1S/C23H26N2O8S/c26-22(24-18-4-7-20-21(15-18)32-14-13-31-20)16-33-23(27)8-3-17-1-5-19(6-2-17)34(28,29)25-9-11-30-12-10-25/h1-2,4-7,15H,3,8-14,16H2,(H,24,26). The molecule has 0 atom stereocenters. The van der Waals surface area contributed by atoms with Crippen molar-refractivity contribution in [1.82, 2.24) is 4.31 Å². The summed E-state index contributed by atoms with van der Waals surface area (Å²) in [5.74, 6) is 0.164. The molecule has 1 N–H and O–H groups in total. The van der Waals surface area contributed by atoms with Gasteiger partial charge in [0.25, 0.3) is 5.91 Å². The number of morpholine rings is 1. The third-order valence-electron chi connectivity index (χ3n) is 5.34. The quantitative estimate of drug-likeness (QED) is 0.554. The fraction of sp³-hybridized carbons (Fsp3) is 0.391. The zero-order valence-corrected chi connectivity index (χ0v) is 19.3. The Hall–Kier alpha value is -3.15. The molecular weight excluding hydrogens is 464 g/mol. The molecule has 0 radical (unpaired) electrons. The van der Waals surface area contributed by atoms with Crippen LogP contribution in [-0.4, -0.2) is 70.7 Å². The zero-order valence-electron chi connectivity index (χ0n) is 18.5. The Labute approximate surface area is 197 Å². The number of sulfonamides is 1. The number of nitrogens with zero attached hydrogens (tertiary/aromatic N) is 1. The maximum Gasteiger partial charge on any atom is 0.306 e. The Morgan fingerprint density at radius 2 is 1.65 bits per heavy atom. The number of nitrogens with one attached hydrogen (secondary N) is 1. The SMILES string of the molecule is O=C(COC(=O)CCc1ccc(S(=O)(=O)N2CCOCC2)cc1)Nc1ccc2c(c1)OCCO2. The summed E-state index contributed by atoms with van der Waals surface area (Å²) >= 11 is 0. The smallest absolute Gasteiger partial charge is 0.306 e. The minimum Gasteiger partial charge on any atom is -0.486 e. The van der Waals surface area contributed by atoms with Crippen LogP contribution in [0.5, 0.6) is 11.5 Å². The highest BCUT2D eigenvalue weighted by Crippen LogP contribution is 2.32. The lowest BCUT2D eigenvalue weighted by Crippen LogP contribution is -2.40. The van der Waals surface area contributed by atoms with E-state index in [0.29, 0.717) is 63.1 Å². The molecule has 1 saturated heterocycles. The van der Waals surface area contributed by atoms with Crippen LogP contribution in [0.4, 0.5) is 5.69 Å². The zero-order chi connectivity index (χ0) is 24.0. The minimum absolute atomic E-state index is 0.0624. The van der Waals surface area contributed by atoms with Crippen molar-refractivity contribution in [2.24, 2.45) is 0 Å². The molecule has 0 aliphatic carbocycles. The summed E-state index contributed by atoms with van der Waals surface area (Å²) in [4.78, 5) is 24.3. The molecule has 0 bridgehead atoms. The van der Waals surface area contributed by atoms with E-state index < -0.39 is 28.5 Å². The first-order chi connectivity index (χ1) is 16.4. The Morgan fingerprint density at radius 1 is 0.941 bits per heavy atom. The number of carbonyl (C=O) groups is 2. The first-order valence-corrected chi connectivity index (χ1v) is 12.4. The number of amides is 1. The summed E-state index contributed by atoms with van der Waals surface area (Å²) in [6.45, 7) is 1.93. The Balaban J connectivity index is 1.21. The van der Waals surface area contributed by atoms with Crippen LogP contribution in [-0.2, 0) is 35.5 Å². The normalized spacial score (nSPS) is 16.0. The molecular formula is C23H26N2O8S. The molecule has 0 unspecified atom stereocenters. The average molecular weight is 491 g/mol. The molecule has 0 saturated carbocycles. The predicted molar refractivity (Wildman–Crippen MR) is 121 cm³/mol. The van der Waals surface area contributed by atoms with E-state index in [1.165, 1.54) is 16.4 Å². The van der Waals surface area contributed by atoms with Crippen molar-refractivity contribution < 1.29 is 37.0 Å². The average Bonchev–Trinajstić information content (AvgIpc) is 2.87. The molecule has 11 heteroatoms. The van der Waals surface area contributed by atoms with Gasteiger partial charge in [0, 0.05) is 31.3 Å². The van der Waals surface area contributed by atoms with Crippen LogP contribution in [0.3, 0.4) is 0 Å². The van der Waals surface area contributed by atoms with Gasteiger partial charge in [-0.2, -0.15) is 4.31 Å². The number of ether oxygens (including phenoxy) is 4. The molecule has 2 aromatic rings. The van der Waals surface area contributed by atoms with E-state index >= 15 is 0 Å². The van der Waals surface area contributed by atoms with E-state index in [0.717, 1.165) is 5.56 Å². The van der Waals surface area contributed by atoms with Gasteiger partial charge in [-0.05, 0) is 36.2 Å². The topological polar surface area (TPSA) is 120 Å². The van der Waals surface area contributed by atoms with Crippen molar-refractivity contribution in [2.45, 2.75) is 17.7 Å². The third kappa shape index (κ3) is 6.04. The highest BCUT2D eigenvalue weighted by atomic mass is 32.2. The lowest BCUT2D eigenvalue weighted by molar-refractivity contribution is -0.147. The first-order valence-electron chi connectivity index (χ1n) is 10.9. The molecule has 34 heavy (non-hydrogen) atoms. The number of hydrogen-bond donors (Lipinski definition) is 1. The highest BCUT2D eigenvalue weighted by Gasteiger charge is 2.26. The summed E-state index contributed by atoms with van der Waals surface area (Å²) in [6.07, 6.45) is 0.424. The van der Waals surface area contributed by atoms with Gasteiger partial charge in [-0.3, -0.25) is 9.59 Å². The first kappa shape index (κ1) is 24.0. The van der Waals surface area contributed by atoms with Crippen molar-refractivity contribution >= 4 is 27.6 Å². The minimum atomic E-state index is -3.56. The van der Waals surface area contributed by atoms with Gasteiger partial charge >= 0.3 is 5.97 Å². The van der Waals surface area contributed by atoms with Crippen LogP contribution in [0.1, 0.15) is 12.0 Å². The molecule has 1 amide bonds. The second kappa shape index (κ2) is 10.9. The third-order valence-corrected chi connectivity index (χ3v) is 7.25. The van der Waals surface area contributed by atoms with Gasteiger partial charge in [-0.1, -0.05) is 12.1 Å². The molecule has 4 rings (SSSR count). The fourth-order valence-corrected chi connectivity index (χ4v) is 4.95. The van der Waals surface area contributed by atoms with Gasteiger partial charge in [0.1, 0.15) is 13.2 Å². The Morgan fingerprint density at radius 3 is 2.38 bits per heavy atom. The van der Waals surface area contributed by atoms with Crippen LogP contribution in [0, 0.1) is 0 Å². The molecule has 2 aromatic carbocycles. The lowest BCUT2D eigenvalue weighted by Gasteiger charge is -2.26. The van der Waals surface area contributed by atoms with Crippen LogP contribution in [0.25, 0.3) is 0 Å². The van der Waals surface area contributed by atoms with Crippen molar-refractivity contribution in [2.75, 3.05) is 51.4 Å². The van der Waals surface area contributed by atoms with Crippen molar-refractivity contribution in [3.8, 4) is 11.5 Å². The molecule has 10 nitrogen and oxygen atoms in total. The van der Waals surface area contributed by atoms with E-state index in [4.69, 9.17) is 18.9 Å². The molecule has 0 aromatic heterocycles. The van der Waals surface area contributed by atoms with Crippen LogP contribution in [0.2, 0.25) is 0 Å². The maximum atomic E-state index is 12.7. The van der Waals surface area contributed by atoms with Gasteiger partial charge in [0.15, 0.2) is 18.1 Å². The van der Waals surface area contributed by atoms with Crippen LogP contribution >= 0.6 is 0 Å². The monoisotopic (exact) mass is 490 g/mol. The highest BCUT2D eigenvalue weighted by molar-refractivity contribution is 7.89. The molecule has 2 aliphatic rings. The number of esters is 1. The molecule has 182 valence electrons. The largest absolute Gasteiger partial charge is 0.486 e. The summed E-state index contributed by atoms with van der Waals surface area (Å²) in [7, 11) is -3.56. The van der Waals surface area contributed by atoms with Gasteiger partial charge in [0.05, 0.1) is 18.1 Å². The molecule has 2 aliphatic heterocycles. The summed E-state index contributed by atoms with van der Waals surface area (Å²) in [5, 5.41) is 2.65. The predicted octanol–water partition coefficient (Wildman–Crippen LogP) is 1.59. The number of aryl methyl sites for hydroxylation is 1. The summed E-state index contributed by atoms with van der Waals surface area (Å²) < 4.78 is 47.9. The van der Waals surface area contributed by atoms with Gasteiger partial charge in [0.2, 0.25) is 10.0 Å². The lowest BCUT2D eigenvalue weighted by atomic mass is 10.1. The summed E-state index contributed by atoms with van der Waals surface area (Å²) in [6, 6.07) is 11.4. The Bertz CT molecular complexity index is 1130. The molecule has 2 heterocycles. The molecule has 1 fully saturated rings. The van der Waals surface area contributed by atoms with Crippen LogP contribution in [0.15, 0.2) is 47.4 Å². The van der Waals surface area contributed by atoms with E-state index in [2.05, 4.69) is 5.32 Å². The number of benzene rings is 2. The van der Waals surface area contributed by atoms with E-state index in [1.54, 1.807) is 30.3 Å². The summed E-state index contributed by atoms with van der Waals surface area (Å²) in [5.41, 5.74) is 1.30. The maximum absolute atomic E-state index is 12.7.